The Kier molecular flexibility index (Phi) is 5.10. The van der Waals surface area contributed by atoms with E-state index in [1.54, 1.807) is 24.5 Å². The zero-order valence-electron chi connectivity index (χ0n) is 18.9. The van der Waals surface area contributed by atoms with Crippen molar-refractivity contribution in [1.29, 1.82) is 0 Å². The molecule has 0 aliphatic carbocycles. The molecule has 1 amide bonds. The lowest BCUT2D eigenvalue weighted by Crippen LogP contribution is -2.29. The van der Waals surface area contributed by atoms with Gasteiger partial charge in [-0.3, -0.25) is 14.6 Å². The minimum atomic E-state index is -0.751. The van der Waals surface area contributed by atoms with Crippen molar-refractivity contribution in [3.05, 3.63) is 101 Å². The van der Waals surface area contributed by atoms with Gasteiger partial charge < -0.3 is 19.7 Å². The van der Waals surface area contributed by atoms with Gasteiger partial charge in [-0.1, -0.05) is 24.3 Å². The number of rotatable bonds is 4. The first-order valence-electron chi connectivity index (χ1n) is 11.6. The van der Waals surface area contributed by atoms with Crippen LogP contribution in [0.25, 0.3) is 16.7 Å². The third-order valence-corrected chi connectivity index (χ3v) is 6.71. The largest absolute Gasteiger partial charge is 0.507 e. The van der Waals surface area contributed by atoms with Crippen LogP contribution < -0.4 is 4.74 Å². The number of carbonyl (C=O) groups is 2. The summed E-state index contributed by atoms with van der Waals surface area (Å²) in [7, 11) is 0. The van der Waals surface area contributed by atoms with Gasteiger partial charge in [0.2, 0.25) is 0 Å². The van der Waals surface area contributed by atoms with E-state index in [-0.39, 0.29) is 17.9 Å². The number of aryl methyl sites for hydroxylation is 1. The van der Waals surface area contributed by atoms with Crippen molar-refractivity contribution in [2.75, 3.05) is 6.61 Å². The second-order valence-corrected chi connectivity index (χ2v) is 8.85. The number of hydrogen-bond donors (Lipinski definition) is 2. The number of hydrogen-bond acceptors (Lipinski definition) is 5. The molecule has 2 N–H and O–H groups in total. The Morgan fingerprint density at radius 2 is 2.03 bits per heavy atom. The van der Waals surface area contributed by atoms with E-state index in [0.29, 0.717) is 12.2 Å². The molecular formula is C28H23N3O4. The number of aliphatic hydroxyl groups excluding tert-OH is 1. The molecule has 2 aromatic carbocycles. The molecular weight excluding hydrogens is 442 g/mol. The lowest BCUT2D eigenvalue weighted by molar-refractivity contribution is -0.140. The second kappa shape index (κ2) is 8.43. The first-order chi connectivity index (χ1) is 17.1. The van der Waals surface area contributed by atoms with Crippen molar-refractivity contribution in [3.8, 4) is 5.75 Å². The van der Waals surface area contributed by atoms with Gasteiger partial charge in [-0.25, -0.2) is 0 Å². The topological polar surface area (TPSA) is 95.5 Å². The van der Waals surface area contributed by atoms with Crippen molar-refractivity contribution in [2.24, 2.45) is 0 Å². The molecule has 7 heteroatoms. The Bertz CT molecular complexity index is 1490. The van der Waals surface area contributed by atoms with Crippen LogP contribution in [-0.4, -0.2) is 38.3 Å². The van der Waals surface area contributed by atoms with Crippen LogP contribution in [-0.2, 0) is 22.6 Å². The van der Waals surface area contributed by atoms with Crippen molar-refractivity contribution < 1.29 is 19.4 Å². The highest BCUT2D eigenvalue weighted by atomic mass is 16.5. The van der Waals surface area contributed by atoms with Gasteiger partial charge in [0.15, 0.2) is 0 Å². The van der Waals surface area contributed by atoms with Crippen LogP contribution in [0.2, 0.25) is 0 Å². The molecule has 2 aliphatic heterocycles. The Balaban J connectivity index is 1.52. The number of nitrogens with one attached hydrogen (secondary N) is 1. The molecule has 174 valence electrons. The molecule has 1 saturated heterocycles. The number of fused-ring (bicyclic) bond motifs is 2. The van der Waals surface area contributed by atoms with Crippen LogP contribution in [0, 0.1) is 0 Å². The highest BCUT2D eigenvalue weighted by Gasteiger charge is 2.47. The average molecular weight is 466 g/mol. The summed E-state index contributed by atoms with van der Waals surface area (Å²) in [6.45, 7) is 0.857. The summed E-state index contributed by atoms with van der Waals surface area (Å²) in [4.78, 5) is 35.6. The number of aromatic nitrogens is 2. The minimum absolute atomic E-state index is 0.0836. The van der Waals surface area contributed by atoms with E-state index in [1.807, 2.05) is 48.7 Å². The van der Waals surface area contributed by atoms with E-state index in [1.165, 1.54) is 4.90 Å². The summed E-state index contributed by atoms with van der Waals surface area (Å²) in [5, 5.41) is 12.3. The Hall–Kier alpha value is -4.39. The maximum Gasteiger partial charge on any atom is 0.295 e. The SMILES string of the molecule is O=C1C(=O)N(Cc2cccnc2)C(c2c[nH]c3ccccc23)/C1=C(\O)c1ccc2c(c1)CCCO2. The summed E-state index contributed by atoms with van der Waals surface area (Å²) in [5.41, 5.74) is 4.00. The predicted molar refractivity (Wildman–Crippen MR) is 131 cm³/mol. The lowest BCUT2D eigenvalue weighted by atomic mass is 9.93. The molecule has 1 unspecified atom stereocenters. The minimum Gasteiger partial charge on any atom is -0.507 e. The van der Waals surface area contributed by atoms with Crippen LogP contribution in [0.15, 0.2) is 78.8 Å². The first kappa shape index (κ1) is 21.2. The highest BCUT2D eigenvalue weighted by Crippen LogP contribution is 2.43. The molecule has 2 aromatic heterocycles. The van der Waals surface area contributed by atoms with Crippen molar-refractivity contribution in [3.63, 3.8) is 0 Å². The number of nitrogens with zero attached hydrogens (tertiary/aromatic N) is 2. The number of H-pyrrole nitrogens is 1. The normalized spacial score (nSPS) is 19.1. The predicted octanol–water partition coefficient (Wildman–Crippen LogP) is 4.51. The van der Waals surface area contributed by atoms with Gasteiger partial charge in [0, 0.05) is 47.2 Å². The van der Waals surface area contributed by atoms with Gasteiger partial charge in [0.05, 0.1) is 18.2 Å². The van der Waals surface area contributed by atoms with Crippen molar-refractivity contribution in [1.82, 2.24) is 14.9 Å². The number of ketones is 1. The van der Waals surface area contributed by atoms with Crippen molar-refractivity contribution in [2.45, 2.75) is 25.4 Å². The van der Waals surface area contributed by atoms with Gasteiger partial charge in [-0.15, -0.1) is 0 Å². The molecule has 2 aliphatic rings. The number of Topliss-reactive ketones (excluding diaryl/α,β-unsaturated/α-hetero) is 1. The van der Waals surface area contributed by atoms with Crippen LogP contribution in [0.5, 0.6) is 5.75 Å². The van der Waals surface area contributed by atoms with Crippen LogP contribution in [0.1, 0.15) is 34.7 Å². The molecule has 4 aromatic rings. The smallest absolute Gasteiger partial charge is 0.295 e. The molecule has 35 heavy (non-hydrogen) atoms. The van der Waals surface area contributed by atoms with Gasteiger partial charge in [0.25, 0.3) is 11.7 Å². The molecule has 1 atom stereocenters. The summed E-state index contributed by atoms with van der Waals surface area (Å²) < 4.78 is 5.70. The van der Waals surface area contributed by atoms with E-state index in [9.17, 15) is 14.7 Å². The van der Waals surface area contributed by atoms with Crippen molar-refractivity contribution >= 4 is 28.4 Å². The fourth-order valence-electron chi connectivity index (χ4n) is 5.04. The fraction of sp³-hybridized carbons (Fsp3) is 0.179. The summed E-state index contributed by atoms with van der Waals surface area (Å²) in [6.07, 6.45) is 6.87. The zero-order valence-corrected chi connectivity index (χ0v) is 18.9. The number of aromatic amines is 1. The van der Waals surface area contributed by atoms with E-state index in [4.69, 9.17) is 4.74 Å². The summed E-state index contributed by atoms with van der Waals surface area (Å²) >= 11 is 0. The number of amides is 1. The Morgan fingerprint density at radius 1 is 1.14 bits per heavy atom. The molecule has 0 spiro atoms. The van der Waals surface area contributed by atoms with E-state index < -0.39 is 17.7 Å². The first-order valence-corrected chi connectivity index (χ1v) is 11.6. The number of benzene rings is 2. The van der Waals surface area contributed by atoms with Crippen LogP contribution >= 0.6 is 0 Å². The maximum atomic E-state index is 13.4. The number of carbonyl (C=O) groups excluding carboxylic acids is 2. The van der Waals surface area contributed by atoms with Gasteiger partial charge >= 0.3 is 0 Å². The third kappa shape index (κ3) is 3.56. The monoisotopic (exact) mass is 465 g/mol. The van der Waals surface area contributed by atoms with E-state index >= 15 is 0 Å². The molecule has 1 fully saturated rings. The van der Waals surface area contributed by atoms with Crippen LogP contribution in [0.4, 0.5) is 0 Å². The molecule has 0 radical (unpaired) electrons. The molecule has 6 rings (SSSR count). The maximum absolute atomic E-state index is 13.4. The Labute approximate surface area is 201 Å². The average Bonchev–Trinajstić information content (AvgIpc) is 3.43. The number of para-hydroxylation sites is 1. The summed E-state index contributed by atoms with van der Waals surface area (Å²) in [6, 6.07) is 16.0. The zero-order chi connectivity index (χ0) is 23.9. The highest BCUT2D eigenvalue weighted by molar-refractivity contribution is 6.46. The number of pyridine rings is 1. The standard InChI is InChI=1S/C28H23N3O4/c32-26(19-9-10-23-18(13-19)6-4-12-35-23)24-25(21-15-30-22-8-2-1-7-20(21)22)31(28(34)27(24)33)16-17-5-3-11-29-14-17/h1-3,5,7-11,13-15,25,30,32H,4,6,12,16H2/b26-24+. The Morgan fingerprint density at radius 3 is 2.89 bits per heavy atom. The number of ether oxygens (including phenoxy) is 1. The van der Waals surface area contributed by atoms with Gasteiger partial charge in [-0.2, -0.15) is 0 Å². The molecule has 0 saturated carbocycles. The molecule has 7 nitrogen and oxygen atoms in total. The summed E-state index contributed by atoms with van der Waals surface area (Å²) in [5.74, 6) is -0.735. The van der Waals surface area contributed by atoms with Crippen LogP contribution in [0.3, 0.4) is 0 Å². The lowest BCUT2D eigenvalue weighted by Gasteiger charge is -2.25. The third-order valence-electron chi connectivity index (χ3n) is 6.71. The number of aliphatic hydroxyl groups is 1. The van der Waals surface area contributed by atoms with E-state index in [2.05, 4.69) is 9.97 Å². The van der Waals surface area contributed by atoms with Gasteiger partial charge in [-0.05, 0) is 54.3 Å². The van der Waals surface area contributed by atoms with E-state index in [0.717, 1.165) is 46.2 Å². The second-order valence-electron chi connectivity index (χ2n) is 8.85. The quantitative estimate of drug-likeness (QED) is 0.263. The fourth-order valence-corrected chi connectivity index (χ4v) is 5.04. The number of likely N-dealkylation sites (tertiary alicyclic amines) is 1. The molecule has 0 bridgehead atoms. The molecule has 4 heterocycles. The van der Waals surface area contributed by atoms with Gasteiger partial charge in [0.1, 0.15) is 11.5 Å².